The molecule has 4 rings (SSSR count). The minimum absolute atomic E-state index is 0.167. The van der Waals surface area contributed by atoms with Crippen molar-refractivity contribution >= 4 is 11.6 Å². The highest BCUT2D eigenvalue weighted by atomic mass is 16.5. The molecule has 1 amide bonds. The molecule has 0 unspecified atom stereocenters. The Morgan fingerprint density at radius 1 is 0.969 bits per heavy atom. The van der Waals surface area contributed by atoms with Gasteiger partial charge in [-0.1, -0.05) is 26.0 Å². The summed E-state index contributed by atoms with van der Waals surface area (Å²) in [6.07, 6.45) is 4.83. The molecule has 0 aliphatic heterocycles. The van der Waals surface area contributed by atoms with Gasteiger partial charge in [0.25, 0.3) is 5.91 Å². The van der Waals surface area contributed by atoms with Crippen molar-refractivity contribution in [2.45, 2.75) is 26.7 Å². The topological polar surface area (TPSA) is 77.0 Å². The number of aromatic nitrogens is 3. The molecular weight excluding hydrogens is 400 g/mol. The van der Waals surface area contributed by atoms with E-state index in [2.05, 4.69) is 40.2 Å². The Balaban J connectivity index is 1.54. The SMILES string of the molecule is Cc1cc(C(=O)Nc2cccc(C(C)C)c2)ccc1Oc1ncccc1-c1ccncn1. The summed E-state index contributed by atoms with van der Waals surface area (Å²) in [6.45, 7) is 6.15. The lowest BCUT2D eigenvalue weighted by molar-refractivity contribution is 0.102. The number of pyridine rings is 1. The number of nitrogens with zero attached hydrogens (tertiary/aromatic N) is 3. The number of carbonyl (C=O) groups is 1. The van der Waals surface area contributed by atoms with E-state index in [0.29, 0.717) is 23.1 Å². The van der Waals surface area contributed by atoms with Crippen molar-refractivity contribution in [3.8, 4) is 22.9 Å². The molecule has 0 bridgehead atoms. The summed E-state index contributed by atoms with van der Waals surface area (Å²) in [5.74, 6) is 1.29. The molecule has 2 aromatic carbocycles. The van der Waals surface area contributed by atoms with Crippen LogP contribution in [0.2, 0.25) is 0 Å². The lowest BCUT2D eigenvalue weighted by Crippen LogP contribution is -2.12. The summed E-state index contributed by atoms with van der Waals surface area (Å²) in [7, 11) is 0. The number of ether oxygens (including phenoxy) is 1. The number of hydrogen-bond donors (Lipinski definition) is 1. The van der Waals surface area contributed by atoms with Crippen LogP contribution in [-0.2, 0) is 0 Å². The zero-order valence-electron chi connectivity index (χ0n) is 18.2. The maximum Gasteiger partial charge on any atom is 0.255 e. The normalized spacial score (nSPS) is 10.8. The molecule has 2 heterocycles. The first-order valence-electron chi connectivity index (χ1n) is 10.4. The molecule has 4 aromatic rings. The molecule has 2 aromatic heterocycles. The fourth-order valence-corrected chi connectivity index (χ4v) is 3.31. The van der Waals surface area contributed by atoms with Crippen LogP contribution < -0.4 is 10.1 Å². The molecule has 32 heavy (non-hydrogen) atoms. The van der Waals surface area contributed by atoms with E-state index in [1.165, 1.54) is 11.9 Å². The third-order valence-electron chi connectivity index (χ3n) is 5.08. The quantitative estimate of drug-likeness (QED) is 0.410. The molecule has 0 aliphatic rings. The van der Waals surface area contributed by atoms with E-state index in [0.717, 1.165) is 22.5 Å². The number of anilines is 1. The molecule has 0 saturated carbocycles. The first kappa shape index (κ1) is 21.2. The Bertz CT molecular complexity index is 1240. The van der Waals surface area contributed by atoms with E-state index in [1.54, 1.807) is 30.6 Å². The number of nitrogens with one attached hydrogen (secondary N) is 1. The van der Waals surface area contributed by atoms with Gasteiger partial charge in [-0.3, -0.25) is 4.79 Å². The summed E-state index contributed by atoms with van der Waals surface area (Å²) < 4.78 is 6.09. The molecule has 0 fully saturated rings. The van der Waals surface area contributed by atoms with E-state index in [-0.39, 0.29) is 5.91 Å². The highest BCUT2D eigenvalue weighted by Crippen LogP contribution is 2.32. The summed E-state index contributed by atoms with van der Waals surface area (Å²) in [4.78, 5) is 25.4. The molecule has 6 heteroatoms. The Kier molecular flexibility index (Phi) is 6.22. The van der Waals surface area contributed by atoms with Crippen LogP contribution in [0.15, 0.2) is 79.4 Å². The number of amides is 1. The fraction of sp³-hybridized carbons (Fsp3) is 0.154. The molecule has 160 valence electrons. The van der Waals surface area contributed by atoms with Gasteiger partial charge in [0.15, 0.2) is 0 Å². The van der Waals surface area contributed by atoms with Crippen LogP contribution in [-0.4, -0.2) is 20.9 Å². The van der Waals surface area contributed by atoms with Gasteiger partial charge >= 0.3 is 0 Å². The second kappa shape index (κ2) is 9.39. The van der Waals surface area contributed by atoms with Gasteiger partial charge in [0.05, 0.1) is 11.3 Å². The largest absolute Gasteiger partial charge is 0.438 e. The van der Waals surface area contributed by atoms with Gasteiger partial charge in [0, 0.05) is 23.6 Å². The van der Waals surface area contributed by atoms with Gasteiger partial charge in [-0.05, 0) is 72.5 Å². The Hall–Kier alpha value is -4.06. The standard InChI is InChI=1S/C26H24N4O2/c1-17(2)19-6-4-7-21(15-19)30-25(31)20-9-10-24(18(3)14-20)32-26-22(8-5-12-28-26)23-11-13-27-16-29-23/h4-17H,1-3H3,(H,30,31). The zero-order valence-corrected chi connectivity index (χ0v) is 18.2. The van der Waals surface area contributed by atoms with Crippen LogP contribution in [0.5, 0.6) is 11.6 Å². The number of benzene rings is 2. The van der Waals surface area contributed by atoms with Crippen molar-refractivity contribution in [1.82, 2.24) is 15.0 Å². The molecule has 0 atom stereocenters. The summed E-state index contributed by atoms with van der Waals surface area (Å²) >= 11 is 0. The highest BCUT2D eigenvalue weighted by Gasteiger charge is 2.13. The van der Waals surface area contributed by atoms with Gasteiger partial charge < -0.3 is 10.1 Å². The van der Waals surface area contributed by atoms with Crippen LogP contribution in [0.1, 0.15) is 41.3 Å². The predicted molar refractivity (Wildman–Crippen MR) is 125 cm³/mol. The van der Waals surface area contributed by atoms with Crippen molar-refractivity contribution in [2.24, 2.45) is 0 Å². The lowest BCUT2D eigenvalue weighted by atomic mass is 10.0. The third kappa shape index (κ3) is 4.81. The first-order chi connectivity index (χ1) is 15.5. The van der Waals surface area contributed by atoms with E-state index in [9.17, 15) is 4.79 Å². The van der Waals surface area contributed by atoms with Gasteiger partial charge in [-0.25, -0.2) is 15.0 Å². The minimum Gasteiger partial charge on any atom is -0.438 e. The Morgan fingerprint density at radius 2 is 1.84 bits per heavy atom. The molecule has 0 spiro atoms. The van der Waals surface area contributed by atoms with Crippen molar-refractivity contribution in [2.75, 3.05) is 5.32 Å². The Morgan fingerprint density at radius 3 is 2.59 bits per heavy atom. The lowest BCUT2D eigenvalue weighted by Gasteiger charge is -2.13. The number of carbonyl (C=O) groups excluding carboxylic acids is 1. The van der Waals surface area contributed by atoms with Gasteiger partial charge in [0.2, 0.25) is 5.88 Å². The van der Waals surface area contributed by atoms with E-state index >= 15 is 0 Å². The number of rotatable bonds is 6. The second-order valence-corrected chi connectivity index (χ2v) is 7.77. The average molecular weight is 425 g/mol. The first-order valence-corrected chi connectivity index (χ1v) is 10.4. The Labute approximate surface area is 187 Å². The van der Waals surface area contributed by atoms with Gasteiger partial charge in [-0.2, -0.15) is 0 Å². The predicted octanol–water partition coefficient (Wildman–Crippen LogP) is 6.02. The summed E-state index contributed by atoms with van der Waals surface area (Å²) in [5.41, 5.74) is 4.83. The molecule has 0 saturated heterocycles. The third-order valence-corrected chi connectivity index (χ3v) is 5.08. The van der Waals surface area contributed by atoms with Gasteiger partial charge in [-0.15, -0.1) is 0 Å². The van der Waals surface area contributed by atoms with E-state index in [1.807, 2.05) is 43.3 Å². The second-order valence-electron chi connectivity index (χ2n) is 7.77. The van der Waals surface area contributed by atoms with Crippen molar-refractivity contribution in [3.05, 3.63) is 96.1 Å². The molecule has 6 nitrogen and oxygen atoms in total. The molecular formula is C26H24N4O2. The maximum absolute atomic E-state index is 12.8. The van der Waals surface area contributed by atoms with E-state index in [4.69, 9.17) is 4.74 Å². The highest BCUT2D eigenvalue weighted by molar-refractivity contribution is 6.04. The monoisotopic (exact) mass is 424 g/mol. The summed E-state index contributed by atoms with van der Waals surface area (Å²) in [5, 5.41) is 2.97. The van der Waals surface area contributed by atoms with Crippen LogP contribution in [0.3, 0.4) is 0 Å². The molecule has 0 aliphatic carbocycles. The summed E-state index contributed by atoms with van der Waals surface area (Å²) in [6, 6.07) is 18.8. The fourth-order valence-electron chi connectivity index (χ4n) is 3.31. The van der Waals surface area contributed by atoms with Gasteiger partial charge in [0.1, 0.15) is 12.1 Å². The van der Waals surface area contributed by atoms with Crippen molar-refractivity contribution in [1.29, 1.82) is 0 Å². The molecule has 0 radical (unpaired) electrons. The smallest absolute Gasteiger partial charge is 0.255 e. The van der Waals surface area contributed by atoms with Crippen LogP contribution in [0.4, 0.5) is 5.69 Å². The number of aryl methyl sites for hydroxylation is 1. The zero-order chi connectivity index (χ0) is 22.5. The van der Waals surface area contributed by atoms with Crippen molar-refractivity contribution in [3.63, 3.8) is 0 Å². The minimum atomic E-state index is -0.167. The number of hydrogen-bond acceptors (Lipinski definition) is 5. The maximum atomic E-state index is 12.8. The van der Waals surface area contributed by atoms with Crippen LogP contribution >= 0.6 is 0 Å². The average Bonchev–Trinajstić information content (AvgIpc) is 2.81. The van der Waals surface area contributed by atoms with Crippen LogP contribution in [0.25, 0.3) is 11.3 Å². The van der Waals surface area contributed by atoms with Crippen LogP contribution in [0, 0.1) is 6.92 Å². The van der Waals surface area contributed by atoms with E-state index < -0.39 is 0 Å². The van der Waals surface area contributed by atoms with Crippen molar-refractivity contribution < 1.29 is 9.53 Å². The molecule has 1 N–H and O–H groups in total.